The second-order valence-electron chi connectivity index (χ2n) is 12.4. The van der Waals surface area contributed by atoms with Crippen molar-refractivity contribution in [2.75, 3.05) is 0 Å². The van der Waals surface area contributed by atoms with Crippen molar-refractivity contribution in [2.45, 2.75) is 46.8 Å². The number of benzene rings is 3. The van der Waals surface area contributed by atoms with Crippen LogP contribution in [0.4, 0.5) is 0 Å². The van der Waals surface area contributed by atoms with Gasteiger partial charge in [0.15, 0.2) is 0 Å². The van der Waals surface area contributed by atoms with Gasteiger partial charge in [0, 0.05) is 46.0 Å². The quantitative estimate of drug-likeness (QED) is 0.134. The Labute approximate surface area is 258 Å². The van der Waals surface area contributed by atoms with Crippen LogP contribution in [0.3, 0.4) is 0 Å². The van der Waals surface area contributed by atoms with Gasteiger partial charge in [-0.2, -0.15) is 0 Å². The van der Waals surface area contributed by atoms with Crippen molar-refractivity contribution in [3.8, 4) is 22.5 Å². The Balaban J connectivity index is 0.000000249. The summed E-state index contributed by atoms with van der Waals surface area (Å²) in [4.78, 5) is 8.98. The minimum absolute atomic E-state index is 0. The Bertz CT molecular complexity index is 1680. The molecule has 0 spiro atoms. The number of furan rings is 1. The molecular weight excluding hydrogens is 697 g/mol. The summed E-state index contributed by atoms with van der Waals surface area (Å²) >= 11 is 0. The second kappa shape index (κ2) is 12.6. The first-order valence-corrected chi connectivity index (χ1v) is 17.3. The number of rotatable bonds is 4. The van der Waals surface area contributed by atoms with Gasteiger partial charge in [0.2, 0.25) is 0 Å². The number of nitrogens with zero attached hydrogens (tertiary/aromatic N) is 2. The first-order chi connectivity index (χ1) is 19.1. The minimum atomic E-state index is -1.55. The van der Waals surface area contributed by atoms with Gasteiger partial charge in [-0.25, -0.2) is 0 Å². The fraction of sp³-hybridized carbons (Fsp3) is 0.222. The molecule has 0 amide bonds. The zero-order chi connectivity index (χ0) is 28.3. The smallest absolute Gasteiger partial charge is 0.120 e. The van der Waals surface area contributed by atoms with E-state index < -0.39 is 8.07 Å². The van der Waals surface area contributed by atoms with Crippen molar-refractivity contribution >= 4 is 35.2 Å². The van der Waals surface area contributed by atoms with E-state index in [2.05, 4.69) is 87.9 Å². The average Bonchev–Trinajstić information content (AvgIpc) is 3.33. The first kappa shape index (κ1) is 30.6. The third-order valence-corrected chi connectivity index (χ3v) is 8.74. The van der Waals surface area contributed by atoms with Gasteiger partial charge >= 0.3 is 0 Å². The van der Waals surface area contributed by atoms with Crippen molar-refractivity contribution in [2.24, 2.45) is 5.41 Å². The van der Waals surface area contributed by atoms with Crippen molar-refractivity contribution in [1.82, 2.24) is 9.97 Å². The van der Waals surface area contributed by atoms with E-state index >= 15 is 0 Å². The summed E-state index contributed by atoms with van der Waals surface area (Å²) in [5, 5.41) is 3.82. The Morgan fingerprint density at radius 2 is 1.56 bits per heavy atom. The van der Waals surface area contributed by atoms with Gasteiger partial charge in [0.1, 0.15) is 5.58 Å². The van der Waals surface area contributed by atoms with E-state index in [0.29, 0.717) is 0 Å². The molecule has 5 heteroatoms. The largest absolute Gasteiger partial charge is 0.501 e. The molecule has 3 aromatic carbocycles. The van der Waals surface area contributed by atoms with Crippen LogP contribution >= 0.6 is 0 Å². The first-order valence-electron chi connectivity index (χ1n) is 13.8. The molecule has 0 saturated heterocycles. The summed E-state index contributed by atoms with van der Waals surface area (Å²) in [6.45, 7) is 13.9. The molecule has 6 rings (SSSR count). The van der Waals surface area contributed by atoms with Crippen LogP contribution in [0, 0.1) is 17.5 Å². The van der Waals surface area contributed by atoms with Crippen LogP contribution in [0.2, 0.25) is 19.6 Å². The van der Waals surface area contributed by atoms with E-state index in [4.69, 9.17) is 9.40 Å². The molecule has 0 aliphatic carbocycles. The van der Waals surface area contributed by atoms with Crippen LogP contribution in [0.15, 0.2) is 102 Å². The normalized spacial score (nSPS) is 11.6. The number of fused-ring (bicyclic) bond motifs is 3. The van der Waals surface area contributed by atoms with Gasteiger partial charge in [0.25, 0.3) is 0 Å². The van der Waals surface area contributed by atoms with E-state index in [1.807, 2.05) is 60.8 Å². The zero-order valence-electron chi connectivity index (χ0n) is 24.6. The summed E-state index contributed by atoms with van der Waals surface area (Å²) in [7, 11) is -1.55. The van der Waals surface area contributed by atoms with E-state index in [9.17, 15) is 0 Å². The number of para-hydroxylation sites is 1. The van der Waals surface area contributed by atoms with Gasteiger partial charge < -0.3 is 14.4 Å². The van der Waals surface area contributed by atoms with Crippen LogP contribution in [-0.2, 0) is 26.5 Å². The Morgan fingerprint density at radius 1 is 0.805 bits per heavy atom. The fourth-order valence-electron chi connectivity index (χ4n) is 4.92. The van der Waals surface area contributed by atoms with Crippen LogP contribution in [0.5, 0.6) is 0 Å². The molecule has 211 valence electrons. The molecule has 3 nitrogen and oxygen atoms in total. The molecule has 0 atom stereocenters. The molecule has 0 saturated carbocycles. The predicted molar refractivity (Wildman–Crippen MR) is 170 cm³/mol. The monoisotopic (exact) mass is 733 g/mol. The van der Waals surface area contributed by atoms with Crippen molar-refractivity contribution in [1.29, 1.82) is 0 Å². The molecule has 3 aromatic heterocycles. The van der Waals surface area contributed by atoms with Crippen molar-refractivity contribution < 1.29 is 24.5 Å². The van der Waals surface area contributed by atoms with Crippen LogP contribution in [-0.4, -0.2) is 18.0 Å². The maximum absolute atomic E-state index is 6.34. The van der Waals surface area contributed by atoms with Crippen molar-refractivity contribution in [3.05, 3.63) is 115 Å². The third kappa shape index (κ3) is 7.29. The summed E-state index contributed by atoms with van der Waals surface area (Å²) in [6, 6.07) is 35.1. The SMILES string of the molecule is CC(C)(C)Cc1ccc(-c2[c-]cc([Si](C)(C)C)c3c2oc2ccccc23)nc1.[Ir].[c-]1ccccc1-c1ccccn1. The summed E-state index contributed by atoms with van der Waals surface area (Å²) in [5.74, 6) is 0. The Hall–Kier alpha value is -3.37. The molecule has 0 N–H and O–H groups in total. The molecule has 0 unspecified atom stereocenters. The second-order valence-corrected chi connectivity index (χ2v) is 17.4. The number of hydrogen-bond acceptors (Lipinski definition) is 3. The number of pyridine rings is 2. The van der Waals surface area contributed by atoms with Gasteiger partial charge in [0.05, 0.1) is 5.58 Å². The maximum Gasteiger partial charge on any atom is 0.120 e. The van der Waals surface area contributed by atoms with Crippen LogP contribution in [0.25, 0.3) is 44.5 Å². The summed E-state index contributed by atoms with van der Waals surface area (Å²) in [5.41, 5.74) is 7.24. The summed E-state index contributed by atoms with van der Waals surface area (Å²) in [6.07, 6.45) is 4.80. The Morgan fingerprint density at radius 3 is 2.20 bits per heavy atom. The summed E-state index contributed by atoms with van der Waals surface area (Å²) < 4.78 is 6.34. The van der Waals surface area contributed by atoms with E-state index in [0.717, 1.165) is 40.1 Å². The fourth-order valence-corrected chi connectivity index (χ4v) is 6.42. The third-order valence-electron chi connectivity index (χ3n) is 6.73. The molecule has 0 fully saturated rings. The average molecular weight is 733 g/mol. The predicted octanol–water partition coefficient (Wildman–Crippen LogP) is 9.13. The molecular formula is C36H36IrN2OSi-2. The molecule has 1 radical (unpaired) electrons. The molecule has 6 aromatic rings. The topological polar surface area (TPSA) is 38.9 Å². The van der Waals surface area contributed by atoms with E-state index in [1.165, 1.54) is 21.5 Å². The molecule has 0 bridgehead atoms. The minimum Gasteiger partial charge on any atom is -0.501 e. The van der Waals surface area contributed by atoms with Gasteiger partial charge in [-0.05, 0) is 40.9 Å². The number of hydrogen-bond donors (Lipinski definition) is 0. The van der Waals surface area contributed by atoms with Gasteiger partial charge in [-0.3, -0.25) is 0 Å². The molecule has 0 aliphatic heterocycles. The van der Waals surface area contributed by atoms with Crippen molar-refractivity contribution in [3.63, 3.8) is 0 Å². The van der Waals surface area contributed by atoms with E-state index in [1.54, 1.807) is 6.20 Å². The van der Waals surface area contributed by atoms with Crippen LogP contribution in [0.1, 0.15) is 26.3 Å². The molecule has 41 heavy (non-hydrogen) atoms. The molecule has 0 aliphatic rings. The zero-order valence-corrected chi connectivity index (χ0v) is 28.0. The number of aromatic nitrogens is 2. The van der Waals surface area contributed by atoms with E-state index in [-0.39, 0.29) is 25.5 Å². The standard InChI is InChI=1S/C25H28NOSi.C11H8N.Ir/c1-25(2,3)15-17-11-13-20(26-16-17)18-12-14-22(28(4,5)6)23-19-9-7-8-10-21(19)27-24(18)23;1-2-6-10(7-3-1)11-8-4-5-9-12-11;/h7-11,13-14,16H,15H2,1-6H3;1-6,8-9H;/q2*-1;. The maximum atomic E-state index is 6.34. The van der Waals surface area contributed by atoms with Gasteiger partial charge in [-0.1, -0.05) is 93.8 Å². The molecule has 3 heterocycles. The van der Waals surface area contributed by atoms with Crippen LogP contribution < -0.4 is 5.19 Å². The van der Waals surface area contributed by atoms with Gasteiger partial charge in [-0.15, -0.1) is 53.2 Å². The Kier molecular flexibility index (Phi) is 9.43.